The van der Waals surface area contributed by atoms with Gasteiger partial charge in [-0.15, -0.1) is 0 Å². The van der Waals surface area contributed by atoms with Crippen molar-refractivity contribution in [3.63, 3.8) is 0 Å². The fraction of sp³-hybridized carbons (Fsp3) is 0.143. The fourth-order valence-corrected chi connectivity index (χ4v) is 4.11. The Kier molecular flexibility index (Phi) is 6.87. The molecule has 0 spiro atoms. The van der Waals surface area contributed by atoms with Gasteiger partial charge in [0.2, 0.25) is 0 Å². The second kappa shape index (κ2) is 9.75. The maximum atomic E-state index is 13.3. The molecule has 1 amide bonds. The third-order valence-corrected chi connectivity index (χ3v) is 5.75. The van der Waals surface area contributed by atoms with E-state index in [9.17, 15) is 13.2 Å². The lowest BCUT2D eigenvalue weighted by Crippen LogP contribution is -2.39. The zero-order valence-corrected chi connectivity index (χ0v) is 17.1. The lowest BCUT2D eigenvalue weighted by atomic mass is 10.3. The second-order valence-corrected chi connectivity index (χ2v) is 7.90. The average Bonchev–Trinajstić information content (AvgIpc) is 3.27. The molecule has 0 fully saturated rings. The summed E-state index contributed by atoms with van der Waals surface area (Å²) in [6, 6.07) is 17.9. The van der Waals surface area contributed by atoms with Crippen molar-refractivity contribution in [2.45, 2.75) is 11.8 Å². The summed E-state index contributed by atoms with van der Waals surface area (Å²) in [7, 11) is -4.04. The van der Waals surface area contributed by atoms with Gasteiger partial charge in [0.1, 0.15) is 18.1 Å². The van der Waals surface area contributed by atoms with Crippen molar-refractivity contribution < 1.29 is 22.4 Å². The van der Waals surface area contributed by atoms with Crippen molar-refractivity contribution in [1.29, 1.82) is 0 Å². The summed E-state index contributed by atoms with van der Waals surface area (Å²) in [5.41, 5.74) is 2.58. The zero-order valence-electron chi connectivity index (χ0n) is 16.3. The van der Waals surface area contributed by atoms with Gasteiger partial charge in [-0.2, -0.15) is 5.10 Å². The Hall–Kier alpha value is -3.59. The first-order valence-electron chi connectivity index (χ1n) is 9.17. The lowest BCUT2D eigenvalue weighted by molar-refractivity contribution is -0.119. The molecule has 3 rings (SSSR count). The van der Waals surface area contributed by atoms with Crippen molar-refractivity contribution in [1.82, 2.24) is 5.43 Å². The number of benzene rings is 2. The number of para-hydroxylation sites is 2. The molecule has 0 aliphatic rings. The molecule has 0 saturated carbocycles. The van der Waals surface area contributed by atoms with Gasteiger partial charge < -0.3 is 9.15 Å². The Balaban J connectivity index is 1.91. The number of nitrogens with one attached hydrogen (secondary N) is 1. The summed E-state index contributed by atoms with van der Waals surface area (Å²) in [6.07, 6.45) is 2.80. The molecule has 0 radical (unpaired) electrons. The summed E-state index contributed by atoms with van der Waals surface area (Å²) < 4.78 is 38.3. The monoisotopic (exact) mass is 427 g/mol. The molecule has 2 aromatic carbocycles. The molecule has 8 nitrogen and oxygen atoms in total. The number of carbonyl (C=O) groups is 1. The summed E-state index contributed by atoms with van der Waals surface area (Å²) in [5.74, 6) is 0.181. The maximum absolute atomic E-state index is 13.3. The van der Waals surface area contributed by atoms with Crippen molar-refractivity contribution in [2.24, 2.45) is 5.10 Å². The Morgan fingerprint density at radius 1 is 1.10 bits per heavy atom. The normalized spacial score (nSPS) is 11.4. The smallest absolute Gasteiger partial charge is 0.264 e. The fourth-order valence-electron chi connectivity index (χ4n) is 2.66. The highest BCUT2D eigenvalue weighted by atomic mass is 32.2. The minimum absolute atomic E-state index is 0.0585. The largest absolute Gasteiger partial charge is 0.492 e. The maximum Gasteiger partial charge on any atom is 0.264 e. The average molecular weight is 427 g/mol. The van der Waals surface area contributed by atoms with Gasteiger partial charge in [0.05, 0.1) is 29.7 Å². The zero-order chi connectivity index (χ0) is 21.4. The number of rotatable bonds is 9. The van der Waals surface area contributed by atoms with E-state index >= 15 is 0 Å². The molecule has 0 aliphatic carbocycles. The van der Waals surface area contributed by atoms with Crippen molar-refractivity contribution >= 4 is 27.8 Å². The third-order valence-electron chi connectivity index (χ3n) is 3.98. The van der Waals surface area contributed by atoms with Gasteiger partial charge >= 0.3 is 0 Å². The van der Waals surface area contributed by atoms with Crippen LogP contribution in [0.3, 0.4) is 0 Å². The number of sulfonamides is 1. The van der Waals surface area contributed by atoms with E-state index in [0.29, 0.717) is 18.1 Å². The highest BCUT2D eigenvalue weighted by Crippen LogP contribution is 2.32. The van der Waals surface area contributed by atoms with Crippen molar-refractivity contribution in [2.75, 3.05) is 17.5 Å². The van der Waals surface area contributed by atoms with Crippen LogP contribution in [0.4, 0.5) is 5.69 Å². The van der Waals surface area contributed by atoms with E-state index in [1.807, 2.05) is 0 Å². The first kappa shape index (κ1) is 21.1. The van der Waals surface area contributed by atoms with E-state index in [-0.39, 0.29) is 10.6 Å². The lowest BCUT2D eigenvalue weighted by Gasteiger charge is -2.25. The molecule has 1 heterocycles. The second-order valence-electron chi connectivity index (χ2n) is 6.03. The number of carbonyl (C=O) groups excluding carboxylic acids is 1. The van der Waals surface area contributed by atoms with E-state index in [2.05, 4.69) is 10.5 Å². The Bertz CT molecular complexity index is 1100. The number of hydrogen-bond acceptors (Lipinski definition) is 6. The number of amides is 1. The number of hydrogen-bond donors (Lipinski definition) is 1. The molecule has 1 aromatic heterocycles. The molecule has 30 heavy (non-hydrogen) atoms. The van der Waals surface area contributed by atoms with E-state index in [4.69, 9.17) is 9.15 Å². The minimum Gasteiger partial charge on any atom is -0.492 e. The van der Waals surface area contributed by atoms with Gasteiger partial charge in [-0.1, -0.05) is 30.3 Å². The molecule has 9 heteroatoms. The topological polar surface area (TPSA) is 101 Å². The van der Waals surface area contributed by atoms with Crippen molar-refractivity contribution in [3.8, 4) is 5.75 Å². The highest BCUT2D eigenvalue weighted by molar-refractivity contribution is 7.92. The number of anilines is 1. The molecule has 1 N–H and O–H groups in total. The van der Waals surface area contributed by atoms with Gasteiger partial charge in [-0.3, -0.25) is 9.10 Å². The summed E-state index contributed by atoms with van der Waals surface area (Å²) >= 11 is 0. The van der Waals surface area contributed by atoms with Gasteiger partial charge in [0.25, 0.3) is 15.9 Å². The van der Waals surface area contributed by atoms with Crippen LogP contribution in [0, 0.1) is 0 Å². The number of furan rings is 1. The first-order valence-corrected chi connectivity index (χ1v) is 10.6. The van der Waals surface area contributed by atoms with Crippen LogP contribution >= 0.6 is 0 Å². The first-order chi connectivity index (χ1) is 14.5. The van der Waals surface area contributed by atoms with Gasteiger partial charge in [0.15, 0.2) is 0 Å². The van der Waals surface area contributed by atoms with Crippen LogP contribution in [0.25, 0.3) is 0 Å². The van der Waals surface area contributed by atoms with Gasteiger partial charge in [-0.25, -0.2) is 13.8 Å². The van der Waals surface area contributed by atoms with Crippen LogP contribution in [0.5, 0.6) is 5.75 Å². The SMILES string of the molecule is CCOc1ccccc1N(CC(=O)N/N=C\c1ccco1)S(=O)(=O)c1ccccc1. The van der Waals surface area contributed by atoms with E-state index in [1.54, 1.807) is 61.5 Å². The Labute approximate surface area is 174 Å². The molecule has 0 saturated heterocycles. The van der Waals surface area contributed by atoms with Crippen LogP contribution in [0.15, 0.2) is 87.4 Å². The van der Waals surface area contributed by atoms with E-state index < -0.39 is 22.5 Å². The molecular formula is C21H21N3O5S. The molecule has 0 aliphatic heterocycles. The van der Waals surface area contributed by atoms with Gasteiger partial charge in [0, 0.05) is 0 Å². The van der Waals surface area contributed by atoms with Gasteiger partial charge in [-0.05, 0) is 43.3 Å². The van der Waals surface area contributed by atoms with Crippen LogP contribution in [0.1, 0.15) is 12.7 Å². The quantitative estimate of drug-likeness (QED) is 0.418. The van der Waals surface area contributed by atoms with Crippen molar-refractivity contribution in [3.05, 3.63) is 78.8 Å². The number of hydrazone groups is 1. The minimum atomic E-state index is -4.04. The van der Waals surface area contributed by atoms with Crippen LogP contribution in [-0.2, 0) is 14.8 Å². The van der Waals surface area contributed by atoms with Crippen LogP contribution in [-0.4, -0.2) is 33.7 Å². The molecular weight excluding hydrogens is 406 g/mol. The summed E-state index contributed by atoms with van der Waals surface area (Å²) in [5, 5.41) is 3.80. The molecule has 0 unspecified atom stereocenters. The predicted molar refractivity (Wildman–Crippen MR) is 113 cm³/mol. The van der Waals surface area contributed by atoms with Crippen LogP contribution in [0.2, 0.25) is 0 Å². The van der Waals surface area contributed by atoms with E-state index in [1.165, 1.54) is 24.6 Å². The summed E-state index contributed by atoms with van der Waals surface area (Å²) in [6.45, 7) is 1.65. The molecule has 156 valence electrons. The standard InChI is InChI=1S/C21H21N3O5S/c1-2-28-20-13-7-6-12-19(20)24(30(26,27)18-10-4-3-5-11-18)16-21(25)23-22-15-17-9-8-14-29-17/h3-15H,2,16H2,1H3,(H,23,25)/b22-15-. The highest BCUT2D eigenvalue weighted by Gasteiger charge is 2.29. The third kappa shape index (κ3) is 5.06. The van der Waals surface area contributed by atoms with Crippen LogP contribution < -0.4 is 14.5 Å². The Morgan fingerprint density at radius 3 is 2.53 bits per heavy atom. The Morgan fingerprint density at radius 2 is 1.83 bits per heavy atom. The summed E-state index contributed by atoms with van der Waals surface area (Å²) in [4.78, 5) is 12.6. The predicted octanol–water partition coefficient (Wildman–Crippen LogP) is 3.02. The molecule has 0 bridgehead atoms. The molecule has 3 aromatic rings. The molecule has 0 atom stereocenters. The number of ether oxygens (including phenoxy) is 1. The number of nitrogens with zero attached hydrogens (tertiary/aromatic N) is 2. The van der Waals surface area contributed by atoms with E-state index in [0.717, 1.165) is 4.31 Å².